The van der Waals surface area contributed by atoms with Crippen molar-refractivity contribution in [2.45, 2.75) is 13.5 Å². The smallest absolute Gasteiger partial charge is 0.107 e. The number of rotatable bonds is 3. The zero-order valence-electron chi connectivity index (χ0n) is 14.5. The van der Waals surface area contributed by atoms with Crippen molar-refractivity contribution in [2.24, 2.45) is 0 Å². The molecule has 1 aromatic heterocycles. The lowest BCUT2D eigenvalue weighted by molar-refractivity contribution is 0.786. The van der Waals surface area contributed by atoms with E-state index in [0.29, 0.717) is 5.56 Å². The Morgan fingerprint density at radius 3 is 2.50 bits per heavy atom. The first-order valence-corrected chi connectivity index (χ1v) is 8.46. The molecule has 0 aliphatic heterocycles. The van der Waals surface area contributed by atoms with Gasteiger partial charge in [0, 0.05) is 12.2 Å². The van der Waals surface area contributed by atoms with E-state index in [1.807, 2.05) is 55.5 Å². The number of benzene rings is 3. The van der Waals surface area contributed by atoms with Gasteiger partial charge in [0.25, 0.3) is 0 Å². The van der Waals surface area contributed by atoms with Gasteiger partial charge in [0.1, 0.15) is 5.82 Å². The molecule has 0 saturated heterocycles. The molecule has 0 aliphatic carbocycles. The summed E-state index contributed by atoms with van der Waals surface area (Å²) in [5.41, 5.74) is 12.8. The van der Waals surface area contributed by atoms with E-state index >= 15 is 0 Å². The lowest BCUT2D eigenvalue weighted by Gasteiger charge is -2.09. The second kappa shape index (κ2) is 6.38. The molecular formula is C22H18N4. The number of imidazole rings is 1. The van der Waals surface area contributed by atoms with Crippen molar-refractivity contribution in [3.63, 3.8) is 0 Å². The number of nitrogens with zero attached hydrogens (tertiary/aromatic N) is 3. The lowest BCUT2D eigenvalue weighted by atomic mass is 10.0. The summed E-state index contributed by atoms with van der Waals surface area (Å²) < 4.78 is 2.21. The number of anilines is 1. The van der Waals surface area contributed by atoms with Gasteiger partial charge in [-0.2, -0.15) is 5.26 Å². The molecule has 126 valence electrons. The van der Waals surface area contributed by atoms with Crippen molar-refractivity contribution in [3.8, 4) is 17.2 Å². The summed E-state index contributed by atoms with van der Waals surface area (Å²) in [4.78, 5) is 4.68. The van der Waals surface area contributed by atoms with Gasteiger partial charge < -0.3 is 10.3 Å². The minimum absolute atomic E-state index is 0.664. The first-order chi connectivity index (χ1) is 12.6. The van der Waals surface area contributed by atoms with Crippen LogP contribution in [0.15, 0.2) is 66.7 Å². The van der Waals surface area contributed by atoms with E-state index in [1.54, 1.807) is 0 Å². The Balaban J connectivity index is 1.78. The molecule has 0 saturated carbocycles. The monoisotopic (exact) mass is 338 g/mol. The summed E-state index contributed by atoms with van der Waals surface area (Å²) in [5, 5.41) is 8.97. The maximum Gasteiger partial charge on any atom is 0.107 e. The molecule has 4 heteroatoms. The Morgan fingerprint density at radius 1 is 1.00 bits per heavy atom. The normalized spacial score (nSPS) is 10.8. The van der Waals surface area contributed by atoms with Gasteiger partial charge >= 0.3 is 0 Å². The van der Waals surface area contributed by atoms with Crippen LogP contribution in [0.5, 0.6) is 0 Å². The number of nitriles is 1. The van der Waals surface area contributed by atoms with E-state index in [9.17, 15) is 0 Å². The number of aromatic nitrogens is 2. The molecule has 4 aromatic rings. The fourth-order valence-corrected chi connectivity index (χ4v) is 3.23. The molecule has 0 fully saturated rings. The lowest BCUT2D eigenvalue weighted by Crippen LogP contribution is -2.02. The van der Waals surface area contributed by atoms with Crippen LogP contribution in [0.2, 0.25) is 0 Å². The molecule has 4 nitrogen and oxygen atoms in total. The highest BCUT2D eigenvalue weighted by Crippen LogP contribution is 2.26. The maximum absolute atomic E-state index is 8.97. The highest BCUT2D eigenvalue weighted by molar-refractivity contribution is 5.83. The van der Waals surface area contributed by atoms with Gasteiger partial charge in [-0.05, 0) is 60.0 Å². The minimum Gasteiger partial charge on any atom is -0.399 e. The van der Waals surface area contributed by atoms with E-state index in [0.717, 1.165) is 45.8 Å². The van der Waals surface area contributed by atoms with Crippen molar-refractivity contribution >= 4 is 16.7 Å². The molecule has 2 N–H and O–H groups in total. The van der Waals surface area contributed by atoms with Gasteiger partial charge in [-0.25, -0.2) is 4.98 Å². The van der Waals surface area contributed by atoms with Gasteiger partial charge in [0.05, 0.1) is 22.7 Å². The van der Waals surface area contributed by atoms with Crippen molar-refractivity contribution in [2.75, 3.05) is 5.73 Å². The van der Waals surface area contributed by atoms with Gasteiger partial charge in [-0.1, -0.05) is 30.3 Å². The zero-order chi connectivity index (χ0) is 18.1. The second-order valence-corrected chi connectivity index (χ2v) is 6.38. The van der Waals surface area contributed by atoms with Crippen LogP contribution in [0.3, 0.4) is 0 Å². The summed E-state index contributed by atoms with van der Waals surface area (Å²) in [6, 6.07) is 24.0. The Labute approximate surface area is 152 Å². The predicted octanol–water partition coefficient (Wildman–Crippen LogP) is 4.51. The zero-order valence-corrected chi connectivity index (χ0v) is 14.5. The molecule has 26 heavy (non-hydrogen) atoms. The molecule has 0 radical (unpaired) electrons. The fraction of sp³-hybridized carbons (Fsp3) is 0.0909. The summed E-state index contributed by atoms with van der Waals surface area (Å²) in [7, 11) is 0. The van der Waals surface area contributed by atoms with E-state index in [1.165, 1.54) is 0 Å². The minimum atomic E-state index is 0.664. The standard InChI is InChI=1S/C22H18N4/c1-15-25-21-10-9-19(18-7-5-16(13-23)6-8-18)12-22(21)26(15)14-17-3-2-4-20(24)11-17/h2-12H,14,24H2,1H3. The Morgan fingerprint density at radius 2 is 1.77 bits per heavy atom. The van der Waals surface area contributed by atoms with Crippen molar-refractivity contribution in [3.05, 3.63) is 83.7 Å². The fourth-order valence-electron chi connectivity index (χ4n) is 3.23. The van der Waals surface area contributed by atoms with E-state index < -0.39 is 0 Å². The number of aryl methyl sites for hydroxylation is 1. The van der Waals surface area contributed by atoms with Gasteiger partial charge in [-0.15, -0.1) is 0 Å². The van der Waals surface area contributed by atoms with E-state index in [-0.39, 0.29) is 0 Å². The van der Waals surface area contributed by atoms with Crippen molar-refractivity contribution < 1.29 is 0 Å². The summed E-state index contributed by atoms with van der Waals surface area (Å²) in [5.74, 6) is 0.972. The van der Waals surface area contributed by atoms with Crippen LogP contribution >= 0.6 is 0 Å². The first-order valence-electron chi connectivity index (χ1n) is 8.46. The molecular weight excluding hydrogens is 320 g/mol. The molecule has 0 amide bonds. The molecule has 0 atom stereocenters. The Bertz CT molecular complexity index is 1130. The van der Waals surface area contributed by atoms with Crippen LogP contribution in [-0.4, -0.2) is 9.55 Å². The van der Waals surface area contributed by atoms with Crippen LogP contribution in [0.4, 0.5) is 5.69 Å². The number of nitrogen functional groups attached to an aromatic ring is 1. The number of nitrogens with two attached hydrogens (primary N) is 1. The molecule has 0 spiro atoms. The first kappa shape index (κ1) is 15.9. The number of fused-ring (bicyclic) bond motifs is 1. The molecule has 0 aliphatic rings. The highest BCUT2D eigenvalue weighted by Gasteiger charge is 2.10. The average Bonchev–Trinajstić information content (AvgIpc) is 2.97. The Hall–Kier alpha value is -3.58. The van der Waals surface area contributed by atoms with Gasteiger partial charge in [-0.3, -0.25) is 0 Å². The molecule has 0 unspecified atom stereocenters. The quantitative estimate of drug-likeness (QED) is 0.559. The van der Waals surface area contributed by atoms with Crippen LogP contribution in [0, 0.1) is 18.3 Å². The second-order valence-electron chi connectivity index (χ2n) is 6.38. The van der Waals surface area contributed by atoms with Gasteiger partial charge in [0.2, 0.25) is 0 Å². The Kier molecular flexibility index (Phi) is 3.91. The highest BCUT2D eigenvalue weighted by atomic mass is 15.1. The summed E-state index contributed by atoms with van der Waals surface area (Å²) >= 11 is 0. The van der Waals surface area contributed by atoms with Crippen molar-refractivity contribution in [1.29, 1.82) is 5.26 Å². The third-order valence-corrected chi connectivity index (χ3v) is 4.58. The van der Waals surface area contributed by atoms with Crippen LogP contribution in [0.1, 0.15) is 17.0 Å². The van der Waals surface area contributed by atoms with Crippen LogP contribution in [-0.2, 0) is 6.54 Å². The molecule has 1 heterocycles. The third kappa shape index (κ3) is 2.91. The summed E-state index contributed by atoms with van der Waals surface area (Å²) in [6.07, 6.45) is 0. The van der Waals surface area contributed by atoms with Gasteiger partial charge in [0.15, 0.2) is 0 Å². The maximum atomic E-state index is 8.97. The van der Waals surface area contributed by atoms with Crippen LogP contribution in [0.25, 0.3) is 22.2 Å². The third-order valence-electron chi connectivity index (χ3n) is 4.58. The molecule has 0 bridgehead atoms. The number of hydrogen-bond acceptors (Lipinski definition) is 3. The largest absolute Gasteiger partial charge is 0.399 e. The molecule has 3 aromatic carbocycles. The average molecular weight is 338 g/mol. The predicted molar refractivity (Wildman–Crippen MR) is 105 cm³/mol. The number of hydrogen-bond donors (Lipinski definition) is 1. The van der Waals surface area contributed by atoms with E-state index in [2.05, 4.69) is 33.8 Å². The molecule has 4 rings (SSSR count). The SMILES string of the molecule is Cc1nc2ccc(-c3ccc(C#N)cc3)cc2n1Cc1cccc(N)c1. The van der Waals surface area contributed by atoms with Crippen molar-refractivity contribution in [1.82, 2.24) is 9.55 Å². The van der Waals surface area contributed by atoms with E-state index in [4.69, 9.17) is 11.0 Å². The topological polar surface area (TPSA) is 67.6 Å². The van der Waals surface area contributed by atoms with Crippen LogP contribution < -0.4 is 5.73 Å². The summed E-state index contributed by atoms with van der Waals surface area (Å²) in [6.45, 7) is 2.75.